The lowest BCUT2D eigenvalue weighted by atomic mass is 9.90. The summed E-state index contributed by atoms with van der Waals surface area (Å²) in [7, 11) is 0. The second-order valence-electron chi connectivity index (χ2n) is 8.06. The highest BCUT2D eigenvalue weighted by Crippen LogP contribution is 2.64. The van der Waals surface area contributed by atoms with Crippen molar-refractivity contribution in [1.29, 1.82) is 0 Å². The highest BCUT2D eigenvalue weighted by atomic mass is 16.4. The van der Waals surface area contributed by atoms with Crippen molar-refractivity contribution < 1.29 is 9.21 Å². The molecule has 2 aromatic rings. The average molecular weight is 353 g/mol. The van der Waals surface area contributed by atoms with Crippen LogP contribution in [0.3, 0.4) is 0 Å². The van der Waals surface area contributed by atoms with Gasteiger partial charge in [-0.3, -0.25) is 4.79 Å². The molecular weight excluding hydrogens is 330 g/mol. The summed E-state index contributed by atoms with van der Waals surface area (Å²) < 4.78 is 5.62. The molecule has 0 radical (unpaired) electrons. The van der Waals surface area contributed by atoms with E-state index in [4.69, 9.17) is 4.42 Å². The molecule has 1 spiro atoms. The van der Waals surface area contributed by atoms with Crippen molar-refractivity contribution in [1.82, 2.24) is 25.1 Å². The van der Waals surface area contributed by atoms with Crippen LogP contribution in [0.1, 0.15) is 77.6 Å². The van der Waals surface area contributed by atoms with Gasteiger partial charge in [0.15, 0.2) is 0 Å². The van der Waals surface area contributed by atoms with Crippen molar-refractivity contribution in [2.45, 2.75) is 57.8 Å². The molecule has 2 aromatic heterocycles. The molecule has 7 heteroatoms. The van der Waals surface area contributed by atoms with Crippen LogP contribution in [0.5, 0.6) is 0 Å². The van der Waals surface area contributed by atoms with Crippen LogP contribution < -0.4 is 0 Å². The topological polar surface area (TPSA) is 85.0 Å². The Hall–Kier alpha value is -2.31. The van der Waals surface area contributed by atoms with Crippen LogP contribution in [-0.4, -0.2) is 44.1 Å². The van der Waals surface area contributed by atoms with Gasteiger partial charge in [0.1, 0.15) is 5.82 Å². The molecule has 1 aliphatic heterocycles. The third-order valence-electron chi connectivity index (χ3n) is 6.21. The Balaban J connectivity index is 1.28. The second-order valence-corrected chi connectivity index (χ2v) is 8.06. The van der Waals surface area contributed by atoms with Gasteiger partial charge in [0.25, 0.3) is 5.91 Å². The first-order valence-corrected chi connectivity index (χ1v) is 9.48. The van der Waals surface area contributed by atoms with Gasteiger partial charge in [-0.25, -0.2) is 9.97 Å². The van der Waals surface area contributed by atoms with E-state index in [1.807, 2.05) is 18.7 Å². The van der Waals surface area contributed by atoms with Gasteiger partial charge in [-0.15, -0.1) is 10.2 Å². The maximum Gasteiger partial charge on any atom is 0.257 e. The first-order chi connectivity index (χ1) is 12.6. The molecule has 0 N–H and O–H groups in total. The minimum absolute atomic E-state index is 0.0904. The maximum atomic E-state index is 13.1. The van der Waals surface area contributed by atoms with E-state index in [-0.39, 0.29) is 11.3 Å². The van der Waals surface area contributed by atoms with E-state index in [0.29, 0.717) is 23.3 Å². The number of rotatable bonds is 3. The van der Waals surface area contributed by atoms with Crippen LogP contribution in [0.4, 0.5) is 0 Å². The summed E-state index contributed by atoms with van der Waals surface area (Å²) in [6, 6.07) is 0. The molecule has 1 atom stereocenters. The Morgan fingerprint density at radius 3 is 2.65 bits per heavy atom. The van der Waals surface area contributed by atoms with Crippen molar-refractivity contribution in [3.63, 3.8) is 0 Å². The molecule has 3 heterocycles. The number of carbonyl (C=O) groups is 1. The van der Waals surface area contributed by atoms with E-state index in [1.54, 1.807) is 6.20 Å². The van der Waals surface area contributed by atoms with Gasteiger partial charge in [0.05, 0.1) is 11.3 Å². The maximum absolute atomic E-state index is 13.1. The molecular formula is C19H23N5O2. The number of piperidine rings is 1. The van der Waals surface area contributed by atoms with Gasteiger partial charge >= 0.3 is 0 Å². The fraction of sp³-hybridized carbons (Fsp3) is 0.632. The number of aryl methyl sites for hydroxylation is 2. The minimum atomic E-state index is 0.0904. The Morgan fingerprint density at radius 2 is 2.00 bits per heavy atom. The fourth-order valence-electron chi connectivity index (χ4n) is 4.35. The molecule has 2 saturated carbocycles. The van der Waals surface area contributed by atoms with Gasteiger partial charge in [-0.1, -0.05) is 0 Å². The van der Waals surface area contributed by atoms with E-state index in [9.17, 15) is 4.79 Å². The zero-order valence-electron chi connectivity index (χ0n) is 15.2. The van der Waals surface area contributed by atoms with Gasteiger partial charge < -0.3 is 9.32 Å². The first kappa shape index (κ1) is 15.9. The molecule has 5 rings (SSSR count). The molecule has 7 nitrogen and oxygen atoms in total. The van der Waals surface area contributed by atoms with Crippen LogP contribution in [-0.2, 0) is 0 Å². The number of amides is 1. The lowest BCUT2D eigenvalue weighted by Crippen LogP contribution is -2.40. The van der Waals surface area contributed by atoms with Crippen molar-refractivity contribution in [3.8, 4) is 0 Å². The molecule has 1 amide bonds. The number of aromatic nitrogens is 4. The Bertz CT molecular complexity index is 865. The minimum Gasteiger partial charge on any atom is -0.425 e. The Morgan fingerprint density at radius 1 is 1.23 bits per heavy atom. The summed E-state index contributed by atoms with van der Waals surface area (Å²) in [5, 5.41) is 8.14. The van der Waals surface area contributed by atoms with Crippen molar-refractivity contribution in [2.24, 2.45) is 5.41 Å². The Kier molecular flexibility index (Phi) is 3.42. The first-order valence-electron chi connectivity index (χ1n) is 9.48. The molecule has 2 aliphatic carbocycles. The van der Waals surface area contributed by atoms with E-state index in [1.165, 1.54) is 0 Å². The van der Waals surface area contributed by atoms with Gasteiger partial charge in [0.2, 0.25) is 11.8 Å². The number of likely N-dealkylation sites (tertiary alicyclic amines) is 1. The molecule has 0 aromatic carbocycles. The predicted molar refractivity (Wildman–Crippen MR) is 92.7 cm³/mol. The molecule has 26 heavy (non-hydrogen) atoms. The van der Waals surface area contributed by atoms with Crippen LogP contribution in [0.15, 0.2) is 10.6 Å². The van der Waals surface area contributed by atoms with Gasteiger partial charge in [-0.2, -0.15) is 0 Å². The summed E-state index contributed by atoms with van der Waals surface area (Å²) in [5.74, 6) is 3.04. The van der Waals surface area contributed by atoms with Gasteiger partial charge in [-0.05, 0) is 44.4 Å². The third kappa shape index (κ3) is 2.61. The summed E-state index contributed by atoms with van der Waals surface area (Å²) >= 11 is 0. The standard InChI is InChI=1S/C19H23N5O2/c1-11-20-10-14(16(21-11)13-3-4-13)18(25)24-7-5-19(6-8-24)9-15(19)17-23-22-12(2)26-17/h10,13,15H,3-9H2,1-2H3. The number of nitrogens with zero attached hydrogens (tertiary/aromatic N) is 5. The normalized spacial score (nSPS) is 24.1. The van der Waals surface area contributed by atoms with Crippen LogP contribution in [0.25, 0.3) is 0 Å². The molecule has 136 valence electrons. The largest absolute Gasteiger partial charge is 0.425 e. The van der Waals surface area contributed by atoms with E-state index in [2.05, 4.69) is 20.2 Å². The van der Waals surface area contributed by atoms with E-state index >= 15 is 0 Å². The van der Waals surface area contributed by atoms with Crippen molar-refractivity contribution in [2.75, 3.05) is 13.1 Å². The zero-order chi connectivity index (χ0) is 17.9. The summed E-state index contributed by atoms with van der Waals surface area (Å²) in [5.41, 5.74) is 1.90. The molecule has 3 aliphatic rings. The third-order valence-corrected chi connectivity index (χ3v) is 6.21. The number of hydrogen-bond acceptors (Lipinski definition) is 6. The predicted octanol–water partition coefficient (Wildman–Crippen LogP) is 2.76. The van der Waals surface area contributed by atoms with Crippen LogP contribution >= 0.6 is 0 Å². The molecule has 1 unspecified atom stereocenters. The summed E-state index contributed by atoms with van der Waals surface area (Å²) in [6.45, 7) is 5.27. The lowest BCUT2D eigenvalue weighted by molar-refractivity contribution is 0.0671. The smallest absolute Gasteiger partial charge is 0.257 e. The highest BCUT2D eigenvalue weighted by molar-refractivity contribution is 5.95. The van der Waals surface area contributed by atoms with Crippen LogP contribution in [0, 0.1) is 19.3 Å². The molecule has 0 bridgehead atoms. The van der Waals surface area contributed by atoms with Crippen molar-refractivity contribution >= 4 is 5.91 Å². The highest BCUT2D eigenvalue weighted by Gasteiger charge is 2.58. The van der Waals surface area contributed by atoms with Gasteiger partial charge in [0, 0.05) is 38.0 Å². The number of carbonyl (C=O) groups excluding carboxylic acids is 1. The molecule has 3 fully saturated rings. The average Bonchev–Trinajstić information content (AvgIpc) is 3.55. The quantitative estimate of drug-likeness (QED) is 0.843. The van der Waals surface area contributed by atoms with E-state index in [0.717, 1.165) is 62.6 Å². The fourth-order valence-corrected chi connectivity index (χ4v) is 4.35. The SMILES string of the molecule is Cc1ncc(C(=O)N2CCC3(CC2)CC3c2nnc(C)o2)c(C2CC2)n1. The summed E-state index contributed by atoms with van der Waals surface area (Å²) in [6.07, 6.45) is 7.07. The van der Waals surface area contributed by atoms with Crippen LogP contribution in [0.2, 0.25) is 0 Å². The monoisotopic (exact) mass is 353 g/mol. The van der Waals surface area contributed by atoms with E-state index < -0.39 is 0 Å². The lowest BCUT2D eigenvalue weighted by Gasteiger charge is -2.33. The summed E-state index contributed by atoms with van der Waals surface area (Å²) in [4.78, 5) is 23.9. The Labute approximate surface area is 152 Å². The number of hydrogen-bond donors (Lipinski definition) is 0. The zero-order valence-corrected chi connectivity index (χ0v) is 15.2. The molecule has 1 saturated heterocycles. The second kappa shape index (κ2) is 5.59. The van der Waals surface area contributed by atoms with Crippen molar-refractivity contribution in [3.05, 3.63) is 35.1 Å².